The van der Waals surface area contributed by atoms with Crippen LogP contribution in [0.4, 0.5) is 16.6 Å². The van der Waals surface area contributed by atoms with Crippen molar-refractivity contribution in [1.82, 2.24) is 19.4 Å². The molecule has 3 heterocycles. The third kappa shape index (κ3) is 6.67. The van der Waals surface area contributed by atoms with E-state index < -0.39 is 6.09 Å². The van der Waals surface area contributed by atoms with Gasteiger partial charge < -0.3 is 21.1 Å². The number of amides is 1. The Morgan fingerprint density at radius 1 is 1.16 bits per heavy atom. The predicted molar refractivity (Wildman–Crippen MR) is 146 cm³/mol. The zero-order valence-electron chi connectivity index (χ0n) is 20.1. The number of carbonyl (C=O) groups is 1. The summed E-state index contributed by atoms with van der Waals surface area (Å²) >= 11 is 13.5. The van der Waals surface area contributed by atoms with Crippen molar-refractivity contribution in [3.8, 4) is 0 Å². The first-order valence-electron chi connectivity index (χ1n) is 11.5. The van der Waals surface area contributed by atoms with Gasteiger partial charge in [-0.25, -0.2) is 4.79 Å². The van der Waals surface area contributed by atoms with Gasteiger partial charge in [-0.2, -0.15) is 4.98 Å². The zero-order valence-corrected chi connectivity index (χ0v) is 22.5. The van der Waals surface area contributed by atoms with Crippen LogP contribution in [0.15, 0.2) is 57.3 Å². The normalized spacial score (nSPS) is 14.9. The maximum Gasteiger partial charge on any atom is 0.404 e. The van der Waals surface area contributed by atoms with Gasteiger partial charge in [-0.3, -0.25) is 19.2 Å². The third-order valence-corrected chi connectivity index (χ3v) is 8.07. The number of primary amides is 1. The van der Waals surface area contributed by atoms with Gasteiger partial charge in [0.15, 0.2) is 0 Å². The molecule has 13 heteroatoms. The van der Waals surface area contributed by atoms with Crippen LogP contribution in [-0.2, 0) is 18.2 Å². The second-order valence-electron chi connectivity index (χ2n) is 8.55. The highest BCUT2D eigenvalue weighted by Gasteiger charge is 2.26. The Hall–Kier alpha value is -2.99. The molecule has 1 aromatic carbocycles. The van der Waals surface area contributed by atoms with Gasteiger partial charge in [-0.15, -0.1) is 0 Å². The van der Waals surface area contributed by atoms with Crippen molar-refractivity contribution in [2.45, 2.75) is 22.3 Å². The van der Waals surface area contributed by atoms with Crippen LogP contribution < -0.4 is 21.9 Å². The van der Waals surface area contributed by atoms with Gasteiger partial charge in [-0.1, -0.05) is 41.0 Å². The lowest BCUT2D eigenvalue weighted by atomic mass is 10.1. The van der Waals surface area contributed by atoms with Crippen LogP contribution in [-0.4, -0.2) is 64.4 Å². The van der Waals surface area contributed by atoms with E-state index >= 15 is 0 Å². The van der Waals surface area contributed by atoms with E-state index in [2.05, 4.69) is 14.9 Å². The quantitative estimate of drug-likeness (QED) is 0.424. The monoisotopic (exact) mass is 563 g/mol. The lowest BCUT2D eigenvalue weighted by Crippen LogP contribution is -2.51. The van der Waals surface area contributed by atoms with Crippen molar-refractivity contribution in [3.63, 3.8) is 0 Å². The predicted octanol–water partition coefficient (Wildman–Crippen LogP) is 3.04. The number of hydrogen-bond acceptors (Lipinski definition) is 9. The highest BCUT2D eigenvalue weighted by molar-refractivity contribution is 7.99. The summed E-state index contributed by atoms with van der Waals surface area (Å²) in [6.07, 6.45) is 2.74. The van der Waals surface area contributed by atoms with Gasteiger partial charge in [0.1, 0.15) is 16.8 Å². The molecule has 37 heavy (non-hydrogen) atoms. The number of rotatable bonds is 8. The molecule has 0 bridgehead atoms. The smallest absolute Gasteiger partial charge is 0.404 e. The number of aromatic nitrogens is 3. The molecule has 1 aliphatic rings. The fourth-order valence-corrected chi connectivity index (χ4v) is 5.56. The summed E-state index contributed by atoms with van der Waals surface area (Å²) in [7, 11) is 1.67. The highest BCUT2D eigenvalue weighted by Crippen LogP contribution is 2.37. The highest BCUT2D eigenvalue weighted by atomic mass is 35.5. The molecular formula is C24H27Cl2N7O3S. The second-order valence-corrected chi connectivity index (χ2v) is 10.4. The third-order valence-electron chi connectivity index (χ3n) is 5.99. The van der Waals surface area contributed by atoms with E-state index in [1.165, 1.54) is 4.57 Å². The van der Waals surface area contributed by atoms with Crippen LogP contribution in [0.25, 0.3) is 0 Å². The zero-order chi connectivity index (χ0) is 26.5. The molecule has 0 spiro atoms. The maximum atomic E-state index is 13.2. The number of piperazine rings is 1. The molecule has 0 aliphatic carbocycles. The second kappa shape index (κ2) is 12.0. The molecule has 0 unspecified atom stereocenters. The molecular weight excluding hydrogens is 537 g/mol. The first-order valence-corrected chi connectivity index (χ1v) is 13.1. The van der Waals surface area contributed by atoms with Crippen LogP contribution in [0.1, 0.15) is 5.56 Å². The van der Waals surface area contributed by atoms with Gasteiger partial charge in [0.2, 0.25) is 5.95 Å². The van der Waals surface area contributed by atoms with E-state index in [4.69, 9.17) is 39.4 Å². The standard InChI is InChI=1S/C24H27Cl2N7O3S/c1-31-22(34)20(37-18-4-2-3-17(25)19(18)26)21(27)30-24(31)33-11-9-32(10-12-33)14-16(36-23(28)35)13-15-5-7-29-8-6-15/h2-8,16H,9-14,27H2,1H3,(H2,28,35)/t16-/m1/s1. The van der Waals surface area contributed by atoms with E-state index in [1.807, 2.05) is 17.0 Å². The van der Waals surface area contributed by atoms with E-state index in [0.717, 1.165) is 17.3 Å². The number of halogens is 2. The minimum absolute atomic E-state index is 0.133. The molecule has 1 saturated heterocycles. The molecule has 1 amide bonds. The Morgan fingerprint density at radius 2 is 1.86 bits per heavy atom. The van der Waals surface area contributed by atoms with Crippen molar-refractivity contribution < 1.29 is 9.53 Å². The Kier molecular flexibility index (Phi) is 8.80. The van der Waals surface area contributed by atoms with Crippen LogP contribution >= 0.6 is 35.0 Å². The fourth-order valence-electron chi connectivity index (χ4n) is 4.15. The van der Waals surface area contributed by atoms with Gasteiger partial charge >= 0.3 is 6.09 Å². The average Bonchev–Trinajstić information content (AvgIpc) is 2.87. The summed E-state index contributed by atoms with van der Waals surface area (Å²) < 4.78 is 6.86. The Balaban J connectivity index is 1.43. The summed E-state index contributed by atoms with van der Waals surface area (Å²) in [6, 6.07) is 8.98. The van der Waals surface area contributed by atoms with Crippen molar-refractivity contribution in [2.24, 2.45) is 12.8 Å². The SMILES string of the molecule is Cn1c(N2CCN(C[C@@H](Cc3ccncc3)OC(N)=O)CC2)nc(N)c(Sc2cccc(Cl)c2Cl)c1=O. The van der Waals surface area contributed by atoms with E-state index in [9.17, 15) is 9.59 Å². The molecule has 4 rings (SSSR count). The fraction of sp³-hybridized carbons (Fsp3) is 0.333. The number of anilines is 2. The van der Waals surface area contributed by atoms with Gasteiger partial charge in [0.05, 0.1) is 10.0 Å². The number of nitrogen functional groups attached to an aromatic ring is 1. The van der Waals surface area contributed by atoms with Crippen molar-refractivity contribution >= 4 is 52.8 Å². The first-order chi connectivity index (χ1) is 17.7. The first kappa shape index (κ1) is 27.1. The number of carbonyl (C=O) groups excluding carboxylic acids is 1. The summed E-state index contributed by atoms with van der Waals surface area (Å²) in [5.74, 6) is 0.624. The van der Waals surface area contributed by atoms with E-state index in [1.54, 1.807) is 37.6 Å². The number of nitrogens with zero attached hydrogens (tertiary/aromatic N) is 5. The van der Waals surface area contributed by atoms with Crippen LogP contribution in [0.5, 0.6) is 0 Å². The molecule has 10 nitrogen and oxygen atoms in total. The molecule has 4 N–H and O–H groups in total. The molecule has 1 atom stereocenters. The summed E-state index contributed by atoms with van der Waals surface area (Å²) in [5, 5.41) is 0.757. The minimum Gasteiger partial charge on any atom is -0.445 e. The number of ether oxygens (including phenoxy) is 1. The van der Waals surface area contributed by atoms with Crippen LogP contribution in [0.2, 0.25) is 10.0 Å². The summed E-state index contributed by atoms with van der Waals surface area (Å²) in [4.78, 5) is 38.3. The number of hydrogen-bond donors (Lipinski definition) is 2. The molecule has 3 aromatic rings. The maximum absolute atomic E-state index is 13.2. The molecule has 0 saturated carbocycles. The van der Waals surface area contributed by atoms with E-state index in [0.29, 0.717) is 60.0 Å². The largest absolute Gasteiger partial charge is 0.445 e. The lowest BCUT2D eigenvalue weighted by Gasteiger charge is -2.37. The minimum atomic E-state index is -0.801. The number of pyridine rings is 1. The molecule has 1 fully saturated rings. The summed E-state index contributed by atoms with van der Waals surface area (Å²) in [5.41, 5.74) is 12.3. The van der Waals surface area contributed by atoms with Gasteiger partial charge in [-0.05, 0) is 29.8 Å². The van der Waals surface area contributed by atoms with Crippen LogP contribution in [0.3, 0.4) is 0 Å². The molecule has 0 radical (unpaired) electrons. The average molecular weight is 564 g/mol. The Labute approximate surface area is 228 Å². The molecule has 2 aromatic heterocycles. The summed E-state index contributed by atoms with van der Waals surface area (Å²) in [6.45, 7) is 3.12. The molecule has 196 valence electrons. The van der Waals surface area contributed by atoms with Crippen molar-refractivity contribution in [2.75, 3.05) is 43.4 Å². The Morgan fingerprint density at radius 3 is 2.54 bits per heavy atom. The van der Waals surface area contributed by atoms with E-state index in [-0.39, 0.29) is 22.4 Å². The van der Waals surface area contributed by atoms with Crippen molar-refractivity contribution in [1.29, 1.82) is 0 Å². The number of nitrogens with two attached hydrogens (primary N) is 2. The van der Waals surface area contributed by atoms with Crippen LogP contribution in [0, 0.1) is 0 Å². The number of benzene rings is 1. The molecule has 1 aliphatic heterocycles. The topological polar surface area (TPSA) is 133 Å². The van der Waals surface area contributed by atoms with Gasteiger partial charge in [0, 0.05) is 63.5 Å². The van der Waals surface area contributed by atoms with Crippen molar-refractivity contribution in [3.05, 3.63) is 68.7 Å². The Bertz CT molecular complexity index is 1320. The lowest BCUT2D eigenvalue weighted by molar-refractivity contribution is 0.0745. The van der Waals surface area contributed by atoms with Gasteiger partial charge in [0.25, 0.3) is 5.56 Å².